The second-order valence-corrected chi connectivity index (χ2v) is 7.93. The molecule has 0 heterocycles. The lowest BCUT2D eigenvalue weighted by Crippen LogP contribution is -2.39. The van der Waals surface area contributed by atoms with E-state index < -0.39 is 12.0 Å². The molecule has 3 aromatic rings. The molecule has 0 aliphatic heterocycles. The van der Waals surface area contributed by atoms with Crippen molar-refractivity contribution in [2.24, 2.45) is 5.73 Å². The van der Waals surface area contributed by atoms with E-state index in [1.807, 2.05) is 60.7 Å². The largest absolute Gasteiger partial charge is 0.349 e. The van der Waals surface area contributed by atoms with Gasteiger partial charge in [0, 0.05) is 0 Å². The van der Waals surface area contributed by atoms with E-state index in [1.165, 1.54) is 11.1 Å². The second kappa shape index (κ2) is 14.1. The first kappa shape index (κ1) is 26.1. The van der Waals surface area contributed by atoms with Gasteiger partial charge in [-0.25, -0.2) is 4.79 Å². The van der Waals surface area contributed by atoms with Crippen LogP contribution in [0.25, 0.3) is 0 Å². The predicted molar refractivity (Wildman–Crippen MR) is 133 cm³/mol. The number of nitrogens with one attached hydrogen (secondary N) is 1. The number of unbranched alkanes of at least 4 members (excludes halogenated alkanes) is 1. The molecule has 0 aliphatic rings. The SMILES string of the molecule is Cl.NC(Cc1ccccc1)C(=O)ONC(=O)Cc1ccc(CCCCc2ccccc2)cc1. The number of amides is 1. The Kier molecular flexibility index (Phi) is 11.1. The van der Waals surface area contributed by atoms with Gasteiger partial charge in [0.15, 0.2) is 0 Å². The number of carbonyl (C=O) groups is 2. The summed E-state index contributed by atoms with van der Waals surface area (Å²) in [5, 5.41) is 0. The van der Waals surface area contributed by atoms with E-state index in [4.69, 9.17) is 10.6 Å². The lowest BCUT2D eigenvalue weighted by atomic mass is 10.0. The third kappa shape index (κ3) is 9.48. The number of hydrogen-bond acceptors (Lipinski definition) is 4. The summed E-state index contributed by atoms with van der Waals surface area (Å²) in [6.07, 6.45) is 4.85. The zero-order valence-electron chi connectivity index (χ0n) is 18.6. The number of aryl methyl sites for hydroxylation is 2. The molecule has 6 heteroatoms. The Morgan fingerprint density at radius 2 is 1.21 bits per heavy atom. The van der Waals surface area contributed by atoms with Crippen molar-refractivity contribution in [2.75, 3.05) is 0 Å². The molecule has 0 saturated heterocycles. The van der Waals surface area contributed by atoms with Crippen molar-refractivity contribution in [3.05, 3.63) is 107 Å². The molecular formula is C27H31ClN2O3. The Balaban J connectivity index is 0.00000385. The Hall–Kier alpha value is -3.15. The first-order chi connectivity index (χ1) is 15.6. The minimum absolute atomic E-state index is 0. The minimum Gasteiger partial charge on any atom is -0.339 e. The van der Waals surface area contributed by atoms with Crippen LogP contribution in [0, 0.1) is 0 Å². The highest BCUT2D eigenvalue weighted by Gasteiger charge is 2.17. The first-order valence-electron chi connectivity index (χ1n) is 11.0. The van der Waals surface area contributed by atoms with Gasteiger partial charge in [-0.3, -0.25) is 4.79 Å². The van der Waals surface area contributed by atoms with Gasteiger partial charge < -0.3 is 10.6 Å². The maximum atomic E-state index is 12.1. The van der Waals surface area contributed by atoms with E-state index in [9.17, 15) is 9.59 Å². The number of nitrogens with two attached hydrogens (primary N) is 1. The van der Waals surface area contributed by atoms with E-state index in [2.05, 4.69) is 29.7 Å². The fourth-order valence-electron chi connectivity index (χ4n) is 3.48. The molecular weight excluding hydrogens is 436 g/mol. The van der Waals surface area contributed by atoms with Gasteiger partial charge in [0.1, 0.15) is 6.04 Å². The summed E-state index contributed by atoms with van der Waals surface area (Å²) in [5.74, 6) is -1.05. The van der Waals surface area contributed by atoms with Gasteiger partial charge >= 0.3 is 5.97 Å². The van der Waals surface area contributed by atoms with Gasteiger partial charge in [0.05, 0.1) is 6.42 Å². The molecule has 174 valence electrons. The molecule has 0 saturated carbocycles. The van der Waals surface area contributed by atoms with Crippen LogP contribution in [0.15, 0.2) is 84.9 Å². The Morgan fingerprint density at radius 1 is 0.727 bits per heavy atom. The lowest BCUT2D eigenvalue weighted by molar-refractivity contribution is -0.159. The zero-order chi connectivity index (χ0) is 22.6. The number of halogens is 1. The van der Waals surface area contributed by atoms with Crippen LogP contribution in [-0.2, 0) is 40.1 Å². The van der Waals surface area contributed by atoms with Gasteiger partial charge in [-0.15, -0.1) is 12.4 Å². The normalized spacial score (nSPS) is 11.2. The standard InChI is InChI=1S/C27H30N2O3.ClH/c28-25(19-23-13-5-2-6-14-23)27(31)32-29-26(30)20-24-17-15-22(16-18-24)12-8-7-11-21-9-3-1-4-10-21;/h1-6,9-10,13-18,25H,7-8,11-12,19-20,28H2,(H,29,30);1H. The summed E-state index contributed by atoms with van der Waals surface area (Å²) in [6, 6.07) is 27.1. The van der Waals surface area contributed by atoms with Gasteiger partial charge in [-0.2, -0.15) is 5.48 Å². The number of hydroxylamine groups is 1. The lowest BCUT2D eigenvalue weighted by Gasteiger charge is -2.11. The highest BCUT2D eigenvalue weighted by molar-refractivity contribution is 5.85. The molecule has 33 heavy (non-hydrogen) atoms. The molecule has 0 spiro atoms. The van der Waals surface area contributed by atoms with E-state index in [-0.39, 0.29) is 24.7 Å². The summed E-state index contributed by atoms with van der Waals surface area (Å²) in [5.41, 5.74) is 12.5. The third-order valence-corrected chi connectivity index (χ3v) is 5.28. The van der Waals surface area contributed by atoms with Crippen LogP contribution in [0.2, 0.25) is 0 Å². The van der Waals surface area contributed by atoms with E-state index in [0.717, 1.165) is 36.8 Å². The molecule has 0 aliphatic carbocycles. The summed E-state index contributed by atoms with van der Waals surface area (Å²) in [6.45, 7) is 0. The zero-order valence-corrected chi connectivity index (χ0v) is 19.4. The summed E-state index contributed by atoms with van der Waals surface area (Å²) in [7, 11) is 0. The van der Waals surface area contributed by atoms with Crippen molar-refractivity contribution in [3.8, 4) is 0 Å². The van der Waals surface area contributed by atoms with Gasteiger partial charge in [0.2, 0.25) is 0 Å². The van der Waals surface area contributed by atoms with Crippen LogP contribution >= 0.6 is 12.4 Å². The topological polar surface area (TPSA) is 81.4 Å². The van der Waals surface area contributed by atoms with Crippen molar-refractivity contribution < 1.29 is 14.4 Å². The fourth-order valence-corrected chi connectivity index (χ4v) is 3.48. The van der Waals surface area contributed by atoms with Crippen LogP contribution in [0.5, 0.6) is 0 Å². The number of rotatable bonds is 10. The Bertz CT molecular complexity index is 979. The highest BCUT2D eigenvalue weighted by Crippen LogP contribution is 2.11. The van der Waals surface area contributed by atoms with Crippen molar-refractivity contribution >= 4 is 24.3 Å². The van der Waals surface area contributed by atoms with Gasteiger partial charge in [-0.05, 0) is 54.4 Å². The number of carbonyl (C=O) groups excluding carboxylic acids is 2. The average Bonchev–Trinajstić information content (AvgIpc) is 2.82. The van der Waals surface area contributed by atoms with E-state index in [1.54, 1.807) is 0 Å². The number of hydrogen-bond donors (Lipinski definition) is 2. The van der Waals surface area contributed by atoms with Crippen LogP contribution in [0.1, 0.15) is 35.1 Å². The molecule has 5 nitrogen and oxygen atoms in total. The van der Waals surface area contributed by atoms with Crippen LogP contribution < -0.4 is 11.2 Å². The van der Waals surface area contributed by atoms with Crippen LogP contribution in [0.3, 0.4) is 0 Å². The van der Waals surface area contributed by atoms with Gasteiger partial charge in [0.25, 0.3) is 5.91 Å². The first-order valence-corrected chi connectivity index (χ1v) is 11.0. The molecule has 0 bridgehead atoms. The minimum atomic E-state index is -0.834. The molecule has 0 fully saturated rings. The van der Waals surface area contributed by atoms with Crippen LogP contribution in [0.4, 0.5) is 0 Å². The molecule has 3 N–H and O–H groups in total. The molecule has 3 rings (SSSR count). The Labute approximate surface area is 201 Å². The van der Waals surface area contributed by atoms with Gasteiger partial charge in [-0.1, -0.05) is 84.9 Å². The van der Waals surface area contributed by atoms with Crippen molar-refractivity contribution in [1.29, 1.82) is 0 Å². The number of benzene rings is 3. The maximum absolute atomic E-state index is 12.1. The molecule has 0 aromatic heterocycles. The Morgan fingerprint density at radius 3 is 1.79 bits per heavy atom. The summed E-state index contributed by atoms with van der Waals surface area (Å²) < 4.78 is 0. The molecule has 1 atom stereocenters. The van der Waals surface area contributed by atoms with Crippen molar-refractivity contribution in [3.63, 3.8) is 0 Å². The van der Waals surface area contributed by atoms with Crippen molar-refractivity contribution in [1.82, 2.24) is 5.48 Å². The van der Waals surface area contributed by atoms with E-state index >= 15 is 0 Å². The second-order valence-electron chi connectivity index (χ2n) is 7.93. The monoisotopic (exact) mass is 466 g/mol. The van der Waals surface area contributed by atoms with E-state index in [0.29, 0.717) is 6.42 Å². The smallest absolute Gasteiger partial charge is 0.339 e. The maximum Gasteiger partial charge on any atom is 0.349 e. The van der Waals surface area contributed by atoms with Crippen LogP contribution in [-0.4, -0.2) is 17.9 Å². The molecule has 0 radical (unpaired) electrons. The molecule has 3 aromatic carbocycles. The molecule has 1 unspecified atom stereocenters. The quantitative estimate of drug-likeness (QED) is 0.343. The van der Waals surface area contributed by atoms with Crippen molar-refractivity contribution in [2.45, 2.75) is 44.6 Å². The summed E-state index contributed by atoms with van der Waals surface area (Å²) in [4.78, 5) is 29.0. The molecule has 1 amide bonds. The highest BCUT2D eigenvalue weighted by atomic mass is 35.5. The average molecular weight is 467 g/mol. The third-order valence-electron chi connectivity index (χ3n) is 5.28. The summed E-state index contributed by atoms with van der Waals surface area (Å²) >= 11 is 0. The fraction of sp³-hybridized carbons (Fsp3) is 0.259. The predicted octanol–water partition coefficient (Wildman–Crippen LogP) is 4.36.